The third-order valence-electron chi connectivity index (χ3n) is 5.17. The normalized spacial score (nSPS) is 18.8. The van der Waals surface area contributed by atoms with Gasteiger partial charge in [0.25, 0.3) is 0 Å². The molecular weight excluding hydrogens is 395 g/mol. The van der Waals surface area contributed by atoms with Gasteiger partial charge in [0, 0.05) is 18.7 Å². The van der Waals surface area contributed by atoms with E-state index >= 15 is 0 Å². The van der Waals surface area contributed by atoms with Crippen molar-refractivity contribution in [3.05, 3.63) is 59.9 Å². The van der Waals surface area contributed by atoms with E-state index in [2.05, 4.69) is 5.32 Å². The van der Waals surface area contributed by atoms with Crippen LogP contribution in [0.1, 0.15) is 31.4 Å². The lowest BCUT2D eigenvalue weighted by Gasteiger charge is -2.32. The summed E-state index contributed by atoms with van der Waals surface area (Å²) in [6.45, 7) is 2.31. The Morgan fingerprint density at radius 2 is 1.90 bits per heavy atom. The van der Waals surface area contributed by atoms with Crippen molar-refractivity contribution in [2.45, 2.75) is 30.7 Å². The Morgan fingerprint density at radius 1 is 1.21 bits per heavy atom. The molecule has 0 aromatic heterocycles. The van der Waals surface area contributed by atoms with Gasteiger partial charge in [-0.15, -0.1) is 0 Å². The summed E-state index contributed by atoms with van der Waals surface area (Å²) in [6, 6.07) is 11.9. The number of carbonyl (C=O) groups excluding carboxylic acids is 1. The molecule has 2 aromatic carbocycles. The average Bonchev–Trinajstić information content (AvgIpc) is 2.74. The quantitative estimate of drug-likeness (QED) is 0.779. The number of hydrogen-bond acceptors (Lipinski definition) is 4. The average molecular weight is 421 g/mol. The van der Waals surface area contributed by atoms with Gasteiger partial charge in [-0.1, -0.05) is 18.2 Å². The summed E-state index contributed by atoms with van der Waals surface area (Å²) in [4.78, 5) is 12.8. The molecule has 1 N–H and O–H groups in total. The van der Waals surface area contributed by atoms with Crippen LogP contribution >= 0.6 is 0 Å². The van der Waals surface area contributed by atoms with Gasteiger partial charge in [0.15, 0.2) is 0 Å². The molecule has 1 heterocycles. The zero-order chi connectivity index (χ0) is 21.0. The van der Waals surface area contributed by atoms with Crippen LogP contribution in [0.25, 0.3) is 0 Å². The maximum atomic E-state index is 13.1. The summed E-state index contributed by atoms with van der Waals surface area (Å²) in [5.74, 6) is -0.451. The molecule has 8 heteroatoms. The minimum atomic E-state index is -3.77. The van der Waals surface area contributed by atoms with Crippen molar-refractivity contribution in [3.63, 3.8) is 0 Å². The molecular formula is C21H25FN2O4S. The Morgan fingerprint density at radius 3 is 2.59 bits per heavy atom. The molecule has 29 heavy (non-hydrogen) atoms. The molecule has 3 rings (SSSR count). The molecule has 0 aliphatic carbocycles. The fourth-order valence-corrected chi connectivity index (χ4v) is 5.09. The van der Waals surface area contributed by atoms with Crippen LogP contribution in [0.4, 0.5) is 4.39 Å². The maximum absolute atomic E-state index is 13.1. The molecule has 1 amide bonds. The number of ether oxygens (including phenoxy) is 1. The number of benzene rings is 2. The third kappa shape index (κ3) is 4.76. The minimum Gasteiger partial charge on any atom is -0.496 e. The predicted molar refractivity (Wildman–Crippen MR) is 107 cm³/mol. The molecule has 0 bridgehead atoms. The molecule has 0 radical (unpaired) electrons. The Bertz CT molecular complexity index is 963. The first-order valence-electron chi connectivity index (χ1n) is 9.52. The molecule has 156 valence electrons. The Kier molecular flexibility index (Phi) is 6.54. The molecule has 1 fully saturated rings. The van der Waals surface area contributed by atoms with E-state index in [4.69, 9.17) is 4.74 Å². The number of amides is 1. The van der Waals surface area contributed by atoms with Gasteiger partial charge in [0.05, 0.1) is 24.0 Å². The van der Waals surface area contributed by atoms with Crippen LogP contribution in [-0.4, -0.2) is 38.8 Å². The van der Waals surface area contributed by atoms with Gasteiger partial charge in [0.1, 0.15) is 11.6 Å². The van der Waals surface area contributed by atoms with E-state index in [0.29, 0.717) is 25.1 Å². The number of hydrogen-bond donors (Lipinski definition) is 1. The number of carbonyl (C=O) groups is 1. The summed E-state index contributed by atoms with van der Waals surface area (Å²) in [5.41, 5.74) is 0.856. The van der Waals surface area contributed by atoms with Crippen molar-refractivity contribution < 1.29 is 22.3 Å². The fourth-order valence-electron chi connectivity index (χ4n) is 3.56. The standard InChI is InChI=1S/C21H25FN2O4S/c1-15(19-7-3-4-8-20(19)28-2)23-21(25)16-6-5-13-24(14-16)29(26,27)18-11-9-17(22)10-12-18/h3-4,7-12,15-16H,5-6,13-14H2,1-2H3,(H,23,25). The molecule has 2 aromatic rings. The van der Waals surface area contributed by atoms with Crippen LogP contribution in [0.5, 0.6) is 5.75 Å². The SMILES string of the molecule is COc1ccccc1C(C)NC(=O)C1CCCN(S(=O)(=O)c2ccc(F)cc2)C1. The molecule has 0 saturated carbocycles. The number of nitrogens with zero attached hydrogens (tertiary/aromatic N) is 1. The lowest BCUT2D eigenvalue weighted by Crippen LogP contribution is -2.45. The first-order chi connectivity index (χ1) is 13.8. The predicted octanol–water partition coefficient (Wildman–Crippen LogP) is 3.11. The highest BCUT2D eigenvalue weighted by atomic mass is 32.2. The first kappa shape index (κ1) is 21.3. The maximum Gasteiger partial charge on any atom is 0.243 e. The van der Waals surface area contributed by atoms with Gasteiger partial charge in [-0.3, -0.25) is 4.79 Å². The second kappa shape index (κ2) is 8.92. The zero-order valence-corrected chi connectivity index (χ0v) is 17.3. The lowest BCUT2D eigenvalue weighted by atomic mass is 9.97. The largest absolute Gasteiger partial charge is 0.496 e. The molecule has 0 spiro atoms. The van der Waals surface area contributed by atoms with Crippen molar-refractivity contribution in [2.24, 2.45) is 5.92 Å². The molecule has 1 saturated heterocycles. The lowest BCUT2D eigenvalue weighted by molar-refractivity contribution is -0.126. The summed E-state index contributed by atoms with van der Waals surface area (Å²) >= 11 is 0. The number of nitrogens with one attached hydrogen (secondary N) is 1. The summed E-state index contributed by atoms with van der Waals surface area (Å²) in [6.07, 6.45) is 1.20. The number of sulfonamides is 1. The van der Waals surface area contributed by atoms with Crippen LogP contribution in [0, 0.1) is 11.7 Å². The van der Waals surface area contributed by atoms with Gasteiger partial charge in [-0.05, 0) is 50.1 Å². The van der Waals surface area contributed by atoms with Gasteiger partial charge in [-0.25, -0.2) is 12.8 Å². The zero-order valence-electron chi connectivity index (χ0n) is 16.5. The van der Waals surface area contributed by atoms with E-state index in [1.165, 1.54) is 16.4 Å². The van der Waals surface area contributed by atoms with Crippen LogP contribution in [-0.2, 0) is 14.8 Å². The first-order valence-corrected chi connectivity index (χ1v) is 11.0. The van der Waals surface area contributed by atoms with Gasteiger partial charge >= 0.3 is 0 Å². The second-order valence-corrected chi connectivity index (χ2v) is 9.07. The monoisotopic (exact) mass is 420 g/mol. The van der Waals surface area contributed by atoms with E-state index in [1.807, 2.05) is 31.2 Å². The van der Waals surface area contributed by atoms with E-state index in [0.717, 1.165) is 17.7 Å². The highest BCUT2D eigenvalue weighted by Crippen LogP contribution is 2.27. The number of methoxy groups -OCH3 is 1. The van der Waals surface area contributed by atoms with Crippen molar-refractivity contribution >= 4 is 15.9 Å². The van der Waals surface area contributed by atoms with E-state index in [9.17, 15) is 17.6 Å². The summed E-state index contributed by atoms with van der Waals surface area (Å²) in [7, 11) is -2.19. The van der Waals surface area contributed by atoms with E-state index in [-0.39, 0.29) is 23.4 Å². The number of piperidine rings is 1. The van der Waals surface area contributed by atoms with E-state index in [1.54, 1.807) is 7.11 Å². The van der Waals surface area contributed by atoms with Gasteiger partial charge < -0.3 is 10.1 Å². The number of rotatable bonds is 6. The Balaban J connectivity index is 1.70. The van der Waals surface area contributed by atoms with Crippen molar-refractivity contribution in [3.8, 4) is 5.75 Å². The van der Waals surface area contributed by atoms with E-state index < -0.39 is 21.8 Å². The Hall–Kier alpha value is -2.45. The molecule has 2 atom stereocenters. The third-order valence-corrected chi connectivity index (χ3v) is 7.05. The minimum absolute atomic E-state index is 0.0300. The van der Waals surface area contributed by atoms with Crippen LogP contribution in [0.15, 0.2) is 53.4 Å². The van der Waals surface area contributed by atoms with Gasteiger partial charge in [0.2, 0.25) is 15.9 Å². The molecule has 6 nitrogen and oxygen atoms in total. The molecule has 1 aliphatic rings. The van der Waals surface area contributed by atoms with Gasteiger partial charge in [-0.2, -0.15) is 4.31 Å². The van der Waals surface area contributed by atoms with Crippen molar-refractivity contribution in [1.29, 1.82) is 0 Å². The fraction of sp³-hybridized carbons (Fsp3) is 0.381. The van der Waals surface area contributed by atoms with Crippen molar-refractivity contribution in [1.82, 2.24) is 9.62 Å². The summed E-state index contributed by atoms with van der Waals surface area (Å²) in [5, 5.41) is 2.97. The second-order valence-electron chi connectivity index (χ2n) is 7.13. The smallest absolute Gasteiger partial charge is 0.243 e. The summed E-state index contributed by atoms with van der Waals surface area (Å²) < 4.78 is 45.5. The number of para-hydroxylation sites is 1. The molecule has 1 aliphatic heterocycles. The van der Waals surface area contributed by atoms with Crippen LogP contribution in [0.3, 0.4) is 0 Å². The Labute approximate surface area is 170 Å². The van der Waals surface area contributed by atoms with Crippen LogP contribution in [0.2, 0.25) is 0 Å². The van der Waals surface area contributed by atoms with Crippen molar-refractivity contribution in [2.75, 3.05) is 20.2 Å². The van der Waals surface area contributed by atoms with Crippen LogP contribution < -0.4 is 10.1 Å². The topological polar surface area (TPSA) is 75.7 Å². The highest BCUT2D eigenvalue weighted by Gasteiger charge is 2.33. The highest BCUT2D eigenvalue weighted by molar-refractivity contribution is 7.89. The number of halogens is 1. The molecule has 2 unspecified atom stereocenters.